The highest BCUT2D eigenvalue weighted by atomic mass is 19.1. The molecule has 0 fully saturated rings. The van der Waals surface area contributed by atoms with E-state index in [4.69, 9.17) is 0 Å². The Labute approximate surface area is 105 Å². The zero-order valence-electron chi connectivity index (χ0n) is 10.2. The minimum atomic E-state index is -1.08. The first-order valence-corrected chi connectivity index (χ1v) is 5.70. The van der Waals surface area contributed by atoms with Crippen LogP contribution in [0.2, 0.25) is 0 Å². The van der Waals surface area contributed by atoms with E-state index in [2.05, 4.69) is 0 Å². The number of hydrogen-bond acceptors (Lipinski definition) is 1. The van der Waals surface area contributed by atoms with Crippen molar-refractivity contribution in [2.24, 2.45) is 0 Å². The maximum atomic E-state index is 13.9. The Bertz CT molecular complexity index is 579. The molecule has 1 unspecified atom stereocenters. The highest BCUT2D eigenvalue weighted by molar-refractivity contribution is 5.35. The SMILES string of the molecule is Cc1cc(C(O)c2cccc(C)c2F)ccc1F. The van der Waals surface area contributed by atoms with Gasteiger partial charge in [-0.2, -0.15) is 0 Å². The molecule has 0 saturated heterocycles. The van der Waals surface area contributed by atoms with Crippen LogP contribution >= 0.6 is 0 Å². The van der Waals surface area contributed by atoms with Crippen LogP contribution in [0.15, 0.2) is 36.4 Å². The van der Waals surface area contributed by atoms with E-state index in [-0.39, 0.29) is 11.4 Å². The van der Waals surface area contributed by atoms with Crippen molar-refractivity contribution < 1.29 is 13.9 Å². The van der Waals surface area contributed by atoms with Gasteiger partial charge in [0.05, 0.1) is 0 Å². The van der Waals surface area contributed by atoms with Gasteiger partial charge in [0.1, 0.15) is 17.7 Å². The Morgan fingerprint density at radius 3 is 2.39 bits per heavy atom. The van der Waals surface area contributed by atoms with Crippen molar-refractivity contribution in [1.29, 1.82) is 0 Å². The second-order valence-electron chi connectivity index (χ2n) is 4.39. The van der Waals surface area contributed by atoms with E-state index in [9.17, 15) is 13.9 Å². The standard InChI is InChI=1S/C15H14F2O/c1-9-4-3-5-12(14(9)17)15(18)11-6-7-13(16)10(2)8-11/h3-8,15,18H,1-2H3. The summed E-state index contributed by atoms with van der Waals surface area (Å²) in [5.41, 5.74) is 1.60. The highest BCUT2D eigenvalue weighted by Crippen LogP contribution is 2.26. The van der Waals surface area contributed by atoms with E-state index < -0.39 is 11.9 Å². The van der Waals surface area contributed by atoms with Gasteiger partial charge >= 0.3 is 0 Å². The monoisotopic (exact) mass is 248 g/mol. The lowest BCUT2D eigenvalue weighted by molar-refractivity contribution is 0.214. The largest absolute Gasteiger partial charge is 0.384 e. The number of hydrogen-bond donors (Lipinski definition) is 1. The van der Waals surface area contributed by atoms with Gasteiger partial charge in [0, 0.05) is 5.56 Å². The van der Waals surface area contributed by atoms with Gasteiger partial charge in [-0.05, 0) is 36.6 Å². The molecule has 94 valence electrons. The summed E-state index contributed by atoms with van der Waals surface area (Å²) in [6, 6.07) is 9.14. The molecule has 2 aromatic rings. The van der Waals surface area contributed by atoms with Crippen molar-refractivity contribution in [1.82, 2.24) is 0 Å². The van der Waals surface area contributed by atoms with Crippen LogP contribution in [0, 0.1) is 25.5 Å². The smallest absolute Gasteiger partial charge is 0.132 e. The van der Waals surface area contributed by atoms with E-state index in [1.165, 1.54) is 24.3 Å². The summed E-state index contributed by atoms with van der Waals surface area (Å²) < 4.78 is 27.0. The van der Waals surface area contributed by atoms with E-state index in [0.717, 1.165) is 0 Å². The average molecular weight is 248 g/mol. The topological polar surface area (TPSA) is 20.2 Å². The molecule has 1 N–H and O–H groups in total. The number of aryl methyl sites for hydroxylation is 2. The molecule has 0 spiro atoms. The van der Waals surface area contributed by atoms with Crippen LogP contribution in [0.4, 0.5) is 8.78 Å². The van der Waals surface area contributed by atoms with E-state index in [1.807, 2.05) is 0 Å². The number of halogens is 2. The summed E-state index contributed by atoms with van der Waals surface area (Å²) in [6.07, 6.45) is -1.08. The van der Waals surface area contributed by atoms with Gasteiger partial charge in [-0.1, -0.05) is 30.3 Å². The third kappa shape index (κ3) is 2.27. The third-order valence-electron chi connectivity index (χ3n) is 3.01. The fourth-order valence-corrected chi connectivity index (χ4v) is 1.90. The first kappa shape index (κ1) is 12.7. The highest BCUT2D eigenvalue weighted by Gasteiger charge is 2.16. The molecule has 0 aliphatic heterocycles. The summed E-state index contributed by atoms with van der Waals surface area (Å²) in [7, 11) is 0. The minimum absolute atomic E-state index is 0.209. The second kappa shape index (κ2) is 4.86. The van der Waals surface area contributed by atoms with Gasteiger partial charge in [-0.15, -0.1) is 0 Å². The quantitative estimate of drug-likeness (QED) is 0.859. The lowest BCUT2D eigenvalue weighted by Gasteiger charge is -2.14. The van der Waals surface area contributed by atoms with Gasteiger partial charge in [-0.25, -0.2) is 8.78 Å². The first-order valence-electron chi connectivity index (χ1n) is 5.70. The molecule has 0 amide bonds. The molecule has 1 atom stereocenters. The molecule has 0 aliphatic rings. The fraction of sp³-hybridized carbons (Fsp3) is 0.200. The van der Waals surface area contributed by atoms with E-state index in [1.54, 1.807) is 26.0 Å². The number of rotatable bonds is 2. The predicted molar refractivity (Wildman–Crippen MR) is 66.3 cm³/mol. The van der Waals surface area contributed by atoms with Gasteiger partial charge in [-0.3, -0.25) is 0 Å². The molecule has 0 bridgehead atoms. The maximum absolute atomic E-state index is 13.9. The van der Waals surface area contributed by atoms with Gasteiger partial charge in [0.25, 0.3) is 0 Å². The Balaban J connectivity index is 2.44. The van der Waals surface area contributed by atoms with Crippen LogP contribution in [0.1, 0.15) is 28.4 Å². The summed E-state index contributed by atoms with van der Waals surface area (Å²) >= 11 is 0. The molecule has 1 nitrogen and oxygen atoms in total. The summed E-state index contributed by atoms with van der Waals surface area (Å²) in [5, 5.41) is 10.2. The van der Waals surface area contributed by atoms with Crippen LogP contribution in [-0.4, -0.2) is 5.11 Å². The maximum Gasteiger partial charge on any atom is 0.132 e. The normalized spacial score (nSPS) is 12.5. The van der Waals surface area contributed by atoms with Crippen LogP contribution in [0.5, 0.6) is 0 Å². The van der Waals surface area contributed by atoms with Crippen LogP contribution in [-0.2, 0) is 0 Å². The third-order valence-corrected chi connectivity index (χ3v) is 3.01. The minimum Gasteiger partial charge on any atom is -0.384 e. The zero-order chi connectivity index (χ0) is 13.3. The fourth-order valence-electron chi connectivity index (χ4n) is 1.90. The molecule has 2 rings (SSSR count). The molecule has 0 radical (unpaired) electrons. The summed E-state index contributed by atoms with van der Waals surface area (Å²) in [6.45, 7) is 3.25. The summed E-state index contributed by atoms with van der Waals surface area (Å²) in [5.74, 6) is -0.761. The molecule has 2 aromatic carbocycles. The van der Waals surface area contributed by atoms with Gasteiger partial charge < -0.3 is 5.11 Å². The second-order valence-corrected chi connectivity index (χ2v) is 4.39. The van der Waals surface area contributed by atoms with Gasteiger partial charge in [0.15, 0.2) is 0 Å². The summed E-state index contributed by atoms with van der Waals surface area (Å²) in [4.78, 5) is 0. The molecule has 18 heavy (non-hydrogen) atoms. The first-order chi connectivity index (χ1) is 8.50. The molecule has 0 aliphatic carbocycles. The molecule has 0 heterocycles. The Kier molecular flexibility index (Phi) is 3.43. The number of benzene rings is 2. The van der Waals surface area contributed by atoms with Crippen LogP contribution in [0.25, 0.3) is 0 Å². The number of aliphatic hydroxyl groups excluding tert-OH is 1. The lowest BCUT2D eigenvalue weighted by Crippen LogP contribution is -2.04. The number of aliphatic hydroxyl groups is 1. The lowest BCUT2D eigenvalue weighted by atomic mass is 9.98. The molecule has 0 saturated carbocycles. The Morgan fingerprint density at radius 2 is 1.72 bits per heavy atom. The zero-order valence-corrected chi connectivity index (χ0v) is 10.2. The van der Waals surface area contributed by atoms with Crippen LogP contribution in [0.3, 0.4) is 0 Å². The van der Waals surface area contributed by atoms with Crippen molar-refractivity contribution in [3.8, 4) is 0 Å². The molecular weight excluding hydrogens is 234 g/mol. The molecular formula is C15H14F2O. The average Bonchev–Trinajstić information content (AvgIpc) is 2.35. The van der Waals surface area contributed by atoms with Crippen molar-refractivity contribution in [2.45, 2.75) is 20.0 Å². The molecule has 3 heteroatoms. The van der Waals surface area contributed by atoms with Crippen molar-refractivity contribution in [3.63, 3.8) is 0 Å². The molecule has 0 aromatic heterocycles. The van der Waals surface area contributed by atoms with Crippen molar-refractivity contribution in [3.05, 3.63) is 70.3 Å². The Morgan fingerprint density at radius 1 is 1.00 bits per heavy atom. The van der Waals surface area contributed by atoms with Crippen molar-refractivity contribution in [2.75, 3.05) is 0 Å². The van der Waals surface area contributed by atoms with Crippen LogP contribution < -0.4 is 0 Å². The predicted octanol–water partition coefficient (Wildman–Crippen LogP) is 3.66. The van der Waals surface area contributed by atoms with Gasteiger partial charge in [0.2, 0.25) is 0 Å². The Hall–Kier alpha value is -1.74. The van der Waals surface area contributed by atoms with E-state index in [0.29, 0.717) is 16.7 Å². The van der Waals surface area contributed by atoms with E-state index >= 15 is 0 Å². The van der Waals surface area contributed by atoms with Crippen molar-refractivity contribution >= 4 is 0 Å².